The van der Waals surface area contributed by atoms with Crippen LogP contribution in [-0.4, -0.2) is 27.9 Å². The molecule has 0 saturated heterocycles. The molecule has 1 aromatic heterocycles. The molecule has 2 unspecified atom stereocenters. The van der Waals surface area contributed by atoms with Crippen molar-refractivity contribution < 1.29 is 0 Å². The van der Waals surface area contributed by atoms with Crippen LogP contribution in [0, 0.1) is 0 Å². The molecule has 1 aliphatic rings. The lowest BCUT2D eigenvalue weighted by Crippen LogP contribution is -2.41. The third-order valence-corrected chi connectivity index (χ3v) is 5.04. The van der Waals surface area contributed by atoms with Crippen LogP contribution in [0.5, 0.6) is 0 Å². The first kappa shape index (κ1) is 13.1. The molecule has 1 N–H and O–H groups in total. The van der Waals surface area contributed by atoms with Crippen LogP contribution in [0.2, 0.25) is 0 Å². The minimum Gasteiger partial charge on any atom is -0.354 e. The molecular weight excluding hydrogens is 350 g/mol. The van der Waals surface area contributed by atoms with Crippen molar-refractivity contribution in [3.63, 3.8) is 0 Å². The monoisotopic (exact) mass is 363 g/mol. The van der Waals surface area contributed by atoms with Gasteiger partial charge in [0.25, 0.3) is 5.56 Å². The van der Waals surface area contributed by atoms with Crippen molar-refractivity contribution in [2.75, 3.05) is 11.9 Å². The van der Waals surface area contributed by atoms with E-state index in [1.807, 2.05) is 7.05 Å². The van der Waals surface area contributed by atoms with Gasteiger partial charge >= 0.3 is 0 Å². The molecule has 17 heavy (non-hydrogen) atoms. The van der Waals surface area contributed by atoms with E-state index in [0.29, 0.717) is 21.2 Å². The molecule has 0 radical (unpaired) electrons. The Morgan fingerprint density at radius 1 is 1.47 bits per heavy atom. The Balaban J connectivity index is 2.26. The number of hydrogen-bond acceptors (Lipinski definition) is 3. The van der Waals surface area contributed by atoms with Gasteiger partial charge in [0.2, 0.25) is 0 Å². The maximum atomic E-state index is 11.5. The van der Waals surface area contributed by atoms with Crippen molar-refractivity contribution in [3.05, 3.63) is 21.2 Å². The van der Waals surface area contributed by atoms with Crippen LogP contribution in [0.1, 0.15) is 25.7 Å². The summed E-state index contributed by atoms with van der Waals surface area (Å²) in [5, 5.41) is 0. The third kappa shape index (κ3) is 2.73. The second kappa shape index (κ2) is 5.52. The highest BCUT2D eigenvalue weighted by atomic mass is 79.9. The quantitative estimate of drug-likeness (QED) is 0.820. The van der Waals surface area contributed by atoms with E-state index in [1.165, 1.54) is 25.6 Å². The van der Waals surface area contributed by atoms with Crippen LogP contribution >= 0.6 is 31.9 Å². The number of hydrogen-bond donors (Lipinski definition) is 1. The molecule has 2 rings (SSSR count). The zero-order valence-corrected chi connectivity index (χ0v) is 12.8. The van der Waals surface area contributed by atoms with Gasteiger partial charge in [-0.1, -0.05) is 28.8 Å². The normalized spacial score (nSPS) is 24.6. The number of aromatic amines is 1. The molecule has 0 amide bonds. The molecule has 2 atom stereocenters. The van der Waals surface area contributed by atoms with Crippen LogP contribution in [0.3, 0.4) is 0 Å². The summed E-state index contributed by atoms with van der Waals surface area (Å²) in [7, 11) is 2.00. The topological polar surface area (TPSA) is 49.0 Å². The van der Waals surface area contributed by atoms with Crippen LogP contribution in [-0.2, 0) is 0 Å². The molecule has 1 fully saturated rings. The predicted molar refractivity (Wildman–Crippen MR) is 75.9 cm³/mol. The van der Waals surface area contributed by atoms with E-state index >= 15 is 0 Å². The maximum Gasteiger partial charge on any atom is 0.267 e. The Morgan fingerprint density at radius 3 is 2.88 bits per heavy atom. The van der Waals surface area contributed by atoms with E-state index < -0.39 is 0 Å². The van der Waals surface area contributed by atoms with Gasteiger partial charge in [0.1, 0.15) is 10.3 Å². The number of nitrogens with zero attached hydrogens (tertiary/aromatic N) is 2. The summed E-state index contributed by atoms with van der Waals surface area (Å²) < 4.78 is 0.507. The van der Waals surface area contributed by atoms with Gasteiger partial charge in [0.15, 0.2) is 0 Å². The fourth-order valence-corrected chi connectivity index (χ4v) is 3.72. The van der Waals surface area contributed by atoms with Crippen LogP contribution in [0.15, 0.2) is 15.6 Å². The van der Waals surface area contributed by atoms with E-state index in [0.717, 1.165) is 6.42 Å². The molecule has 1 heterocycles. The highest BCUT2D eigenvalue weighted by Crippen LogP contribution is 2.31. The molecule has 0 aliphatic heterocycles. The largest absolute Gasteiger partial charge is 0.354 e. The fourth-order valence-electron chi connectivity index (χ4n) is 2.28. The maximum absolute atomic E-state index is 11.5. The van der Waals surface area contributed by atoms with Gasteiger partial charge in [-0.15, -0.1) is 0 Å². The highest BCUT2D eigenvalue weighted by molar-refractivity contribution is 9.10. The van der Waals surface area contributed by atoms with Crippen molar-refractivity contribution >= 4 is 37.7 Å². The number of halogens is 2. The number of anilines is 1. The zero-order valence-electron chi connectivity index (χ0n) is 9.62. The van der Waals surface area contributed by atoms with E-state index in [9.17, 15) is 4.79 Å². The number of aromatic nitrogens is 2. The van der Waals surface area contributed by atoms with Gasteiger partial charge in [-0.25, -0.2) is 4.98 Å². The summed E-state index contributed by atoms with van der Waals surface area (Å²) in [6.07, 6.45) is 6.26. The Kier molecular flexibility index (Phi) is 4.25. The summed E-state index contributed by atoms with van der Waals surface area (Å²) in [6, 6.07) is 0.398. The van der Waals surface area contributed by atoms with E-state index in [2.05, 4.69) is 46.7 Å². The number of H-pyrrole nitrogens is 1. The first-order valence-electron chi connectivity index (χ1n) is 5.71. The summed E-state index contributed by atoms with van der Waals surface area (Å²) in [5.74, 6) is 0.713. The van der Waals surface area contributed by atoms with Gasteiger partial charge in [-0.2, -0.15) is 0 Å². The van der Waals surface area contributed by atoms with E-state index in [-0.39, 0.29) is 5.56 Å². The molecule has 1 aliphatic carbocycles. The Hall–Kier alpha value is -0.360. The molecule has 1 aromatic rings. The van der Waals surface area contributed by atoms with Gasteiger partial charge in [-0.3, -0.25) is 4.79 Å². The lowest BCUT2D eigenvalue weighted by atomic mass is 9.94. The second-order valence-corrected chi connectivity index (χ2v) is 6.32. The van der Waals surface area contributed by atoms with Gasteiger partial charge in [-0.05, 0) is 28.8 Å². The molecular formula is C11H15Br2N3O. The lowest BCUT2D eigenvalue weighted by molar-refractivity contribution is 0.441. The van der Waals surface area contributed by atoms with Crippen LogP contribution < -0.4 is 10.5 Å². The smallest absolute Gasteiger partial charge is 0.267 e. The summed E-state index contributed by atoms with van der Waals surface area (Å²) >= 11 is 7.03. The SMILES string of the molecule is CN(c1nc[nH]c(=O)c1Br)C1CCCCC1Br. The summed E-state index contributed by atoms with van der Waals surface area (Å²) in [6.45, 7) is 0. The number of rotatable bonds is 2. The minimum atomic E-state index is -0.135. The molecule has 4 nitrogen and oxygen atoms in total. The molecule has 0 bridgehead atoms. The average molecular weight is 365 g/mol. The number of alkyl halides is 1. The summed E-state index contributed by atoms with van der Waals surface area (Å²) in [4.78, 5) is 20.9. The molecule has 94 valence electrons. The van der Waals surface area contributed by atoms with Gasteiger partial charge in [0.05, 0.1) is 6.33 Å². The predicted octanol–water partition coefficient (Wildman–Crippen LogP) is 2.67. The highest BCUT2D eigenvalue weighted by Gasteiger charge is 2.28. The molecule has 0 aromatic carbocycles. The Bertz CT molecular complexity index is 449. The Morgan fingerprint density at radius 2 is 2.18 bits per heavy atom. The fraction of sp³-hybridized carbons (Fsp3) is 0.636. The van der Waals surface area contributed by atoms with E-state index in [1.54, 1.807) is 0 Å². The average Bonchev–Trinajstić information content (AvgIpc) is 2.32. The van der Waals surface area contributed by atoms with Crippen molar-refractivity contribution in [1.82, 2.24) is 9.97 Å². The number of nitrogens with one attached hydrogen (secondary N) is 1. The summed E-state index contributed by atoms with van der Waals surface area (Å²) in [5.41, 5.74) is -0.135. The van der Waals surface area contributed by atoms with Gasteiger partial charge in [0, 0.05) is 17.9 Å². The van der Waals surface area contributed by atoms with Gasteiger partial charge < -0.3 is 9.88 Å². The third-order valence-electron chi connectivity index (χ3n) is 3.26. The van der Waals surface area contributed by atoms with Crippen molar-refractivity contribution in [3.8, 4) is 0 Å². The van der Waals surface area contributed by atoms with Crippen LogP contribution in [0.4, 0.5) is 5.82 Å². The first-order valence-corrected chi connectivity index (χ1v) is 7.42. The van der Waals surface area contributed by atoms with E-state index in [4.69, 9.17) is 0 Å². The Labute approximate surface area is 117 Å². The standard InChI is InChI=1S/C11H15Br2N3O/c1-16(8-5-3-2-4-7(8)12)10-9(13)11(17)15-6-14-10/h6-8H,2-5H2,1H3,(H,14,15,17). The molecule has 6 heteroatoms. The van der Waals surface area contributed by atoms with Crippen molar-refractivity contribution in [1.29, 1.82) is 0 Å². The lowest BCUT2D eigenvalue weighted by Gasteiger charge is -2.36. The first-order chi connectivity index (χ1) is 8.11. The minimum absolute atomic E-state index is 0.135. The second-order valence-electron chi connectivity index (χ2n) is 4.35. The van der Waals surface area contributed by atoms with Crippen molar-refractivity contribution in [2.24, 2.45) is 0 Å². The zero-order chi connectivity index (χ0) is 12.4. The van der Waals surface area contributed by atoms with Crippen molar-refractivity contribution in [2.45, 2.75) is 36.6 Å². The molecule has 0 spiro atoms. The van der Waals surface area contributed by atoms with Crippen LogP contribution in [0.25, 0.3) is 0 Å². The molecule has 1 saturated carbocycles.